The van der Waals surface area contributed by atoms with Crippen molar-refractivity contribution in [3.8, 4) is 22.9 Å². The van der Waals surface area contributed by atoms with Crippen LogP contribution in [0.4, 0.5) is 0 Å². The molecule has 0 aliphatic carbocycles. The zero-order chi connectivity index (χ0) is 23.2. The van der Waals surface area contributed by atoms with Crippen LogP contribution < -0.4 is 10.5 Å². The lowest BCUT2D eigenvalue weighted by molar-refractivity contribution is -0.142. The summed E-state index contributed by atoms with van der Waals surface area (Å²) in [6.07, 6.45) is 1.69. The highest BCUT2D eigenvalue weighted by Gasteiger charge is 2.16. The predicted octanol–water partition coefficient (Wildman–Crippen LogP) is 5.11. The summed E-state index contributed by atoms with van der Waals surface area (Å²) < 4.78 is 16.8. The largest absolute Gasteiger partial charge is 0.487 e. The first-order chi connectivity index (χ1) is 16.1. The highest BCUT2D eigenvalue weighted by atomic mass is 16.5. The van der Waals surface area contributed by atoms with Crippen molar-refractivity contribution in [1.82, 2.24) is 0 Å². The van der Waals surface area contributed by atoms with Crippen molar-refractivity contribution in [2.45, 2.75) is 26.5 Å². The normalized spacial score (nSPS) is 10.7. The number of nitriles is 1. The fourth-order valence-corrected chi connectivity index (χ4v) is 3.75. The van der Waals surface area contributed by atoms with Crippen LogP contribution in [0.1, 0.15) is 29.2 Å². The van der Waals surface area contributed by atoms with Crippen molar-refractivity contribution in [1.29, 1.82) is 5.26 Å². The molecule has 1 heterocycles. The Morgan fingerprint density at radius 1 is 1.06 bits per heavy atom. The summed E-state index contributed by atoms with van der Waals surface area (Å²) in [5, 5.41) is 10.5. The van der Waals surface area contributed by atoms with Crippen LogP contribution in [0.2, 0.25) is 0 Å². The van der Waals surface area contributed by atoms with E-state index < -0.39 is 0 Å². The van der Waals surface area contributed by atoms with E-state index in [2.05, 4.69) is 18.2 Å². The Labute approximate surface area is 192 Å². The number of carbonyl (C=O) groups excluding carboxylic acids is 1. The molecule has 3 aromatic carbocycles. The molecule has 6 nitrogen and oxygen atoms in total. The quantitative estimate of drug-likeness (QED) is 0.382. The summed E-state index contributed by atoms with van der Waals surface area (Å²) >= 11 is 0. The Balaban J connectivity index is 1.63. The van der Waals surface area contributed by atoms with Gasteiger partial charge in [-0.1, -0.05) is 36.4 Å². The molecule has 0 saturated carbocycles. The Bertz CT molecular complexity index is 1330. The Morgan fingerprint density at radius 2 is 1.88 bits per heavy atom. The van der Waals surface area contributed by atoms with Crippen LogP contribution in [-0.4, -0.2) is 12.6 Å². The zero-order valence-electron chi connectivity index (χ0n) is 18.3. The number of esters is 1. The standard InChI is InChI=1S/C27H24N2O4/c1-2-31-26(30)13-21-7-4-8-22(15-29)27(21)33-17-23-16-32-25-10-9-20(12-24(23)25)19-6-3-5-18(11-19)14-28/h3-12,16H,2,13-14,17,28H2,1H3. The molecule has 4 aromatic rings. The molecule has 0 amide bonds. The number of fused-ring (bicyclic) bond motifs is 1. The van der Waals surface area contributed by atoms with Crippen molar-refractivity contribution < 1.29 is 18.7 Å². The van der Waals surface area contributed by atoms with E-state index in [9.17, 15) is 10.1 Å². The lowest BCUT2D eigenvalue weighted by atomic mass is 10.0. The van der Waals surface area contributed by atoms with Crippen molar-refractivity contribution in [3.05, 3.63) is 89.2 Å². The van der Waals surface area contributed by atoms with Gasteiger partial charge in [-0.3, -0.25) is 4.79 Å². The van der Waals surface area contributed by atoms with E-state index >= 15 is 0 Å². The van der Waals surface area contributed by atoms with Crippen LogP contribution in [0.3, 0.4) is 0 Å². The average molecular weight is 440 g/mol. The molecule has 1 aromatic heterocycles. The summed E-state index contributed by atoms with van der Waals surface area (Å²) in [4.78, 5) is 12.0. The van der Waals surface area contributed by atoms with Crippen LogP contribution in [0.15, 0.2) is 71.3 Å². The van der Waals surface area contributed by atoms with Gasteiger partial charge in [-0.05, 0) is 47.9 Å². The summed E-state index contributed by atoms with van der Waals surface area (Å²) in [5.74, 6) is 0.0183. The SMILES string of the molecule is CCOC(=O)Cc1cccc(C#N)c1OCc1coc2ccc(-c3cccc(CN)c3)cc12. The van der Waals surface area contributed by atoms with E-state index in [4.69, 9.17) is 19.6 Å². The van der Waals surface area contributed by atoms with Gasteiger partial charge in [0.1, 0.15) is 24.0 Å². The molecule has 0 bridgehead atoms. The molecule has 33 heavy (non-hydrogen) atoms. The number of carbonyl (C=O) groups is 1. The van der Waals surface area contributed by atoms with Gasteiger partial charge in [0.2, 0.25) is 0 Å². The number of benzene rings is 3. The van der Waals surface area contributed by atoms with Gasteiger partial charge < -0.3 is 19.6 Å². The number of para-hydroxylation sites is 1. The van der Waals surface area contributed by atoms with E-state index in [0.717, 1.165) is 33.2 Å². The molecule has 0 unspecified atom stereocenters. The van der Waals surface area contributed by atoms with Crippen LogP contribution in [0, 0.1) is 11.3 Å². The van der Waals surface area contributed by atoms with E-state index in [1.165, 1.54) is 0 Å². The monoisotopic (exact) mass is 440 g/mol. The average Bonchev–Trinajstić information content (AvgIpc) is 3.25. The minimum Gasteiger partial charge on any atom is -0.487 e. The number of nitrogens with zero attached hydrogens (tertiary/aromatic N) is 1. The van der Waals surface area contributed by atoms with E-state index in [0.29, 0.717) is 30.0 Å². The molecule has 0 atom stereocenters. The predicted molar refractivity (Wildman–Crippen MR) is 125 cm³/mol. The number of hydrogen-bond acceptors (Lipinski definition) is 6. The maximum absolute atomic E-state index is 12.0. The third kappa shape index (κ3) is 4.89. The summed E-state index contributed by atoms with van der Waals surface area (Å²) in [6.45, 7) is 2.72. The molecule has 2 N–H and O–H groups in total. The minimum absolute atomic E-state index is 0.0342. The zero-order valence-corrected chi connectivity index (χ0v) is 18.3. The number of ether oxygens (including phenoxy) is 2. The fraction of sp³-hybridized carbons (Fsp3) is 0.185. The number of nitrogens with two attached hydrogens (primary N) is 1. The van der Waals surface area contributed by atoms with Gasteiger partial charge in [0.05, 0.1) is 24.9 Å². The van der Waals surface area contributed by atoms with Gasteiger partial charge in [-0.15, -0.1) is 0 Å². The maximum Gasteiger partial charge on any atom is 0.310 e. The maximum atomic E-state index is 12.0. The number of hydrogen-bond donors (Lipinski definition) is 1. The van der Waals surface area contributed by atoms with Gasteiger partial charge in [0, 0.05) is 23.1 Å². The van der Waals surface area contributed by atoms with Gasteiger partial charge >= 0.3 is 5.97 Å². The van der Waals surface area contributed by atoms with Crippen molar-refractivity contribution in [2.24, 2.45) is 5.73 Å². The van der Waals surface area contributed by atoms with Crippen molar-refractivity contribution in [2.75, 3.05) is 6.61 Å². The molecule has 0 radical (unpaired) electrons. The molecule has 166 valence electrons. The van der Waals surface area contributed by atoms with E-state index in [1.807, 2.05) is 30.3 Å². The van der Waals surface area contributed by atoms with Gasteiger partial charge in [0.15, 0.2) is 0 Å². The molecule has 0 saturated heterocycles. The van der Waals surface area contributed by atoms with Crippen LogP contribution in [0.25, 0.3) is 22.1 Å². The summed E-state index contributed by atoms with van der Waals surface area (Å²) in [7, 11) is 0. The Kier molecular flexibility index (Phi) is 6.72. The van der Waals surface area contributed by atoms with E-state index in [1.54, 1.807) is 31.4 Å². The van der Waals surface area contributed by atoms with Gasteiger partial charge in [-0.25, -0.2) is 0 Å². The summed E-state index contributed by atoms with van der Waals surface area (Å²) in [5.41, 5.74) is 11.5. The second-order valence-electron chi connectivity index (χ2n) is 7.55. The smallest absolute Gasteiger partial charge is 0.310 e. The van der Waals surface area contributed by atoms with Crippen LogP contribution in [-0.2, 0) is 29.1 Å². The molecule has 0 aliphatic heterocycles. The lowest BCUT2D eigenvalue weighted by Gasteiger charge is -2.12. The highest BCUT2D eigenvalue weighted by molar-refractivity contribution is 5.86. The molecular weight excluding hydrogens is 416 g/mol. The first-order valence-electron chi connectivity index (χ1n) is 10.7. The number of rotatable bonds is 8. The Hall–Kier alpha value is -4.08. The van der Waals surface area contributed by atoms with Crippen molar-refractivity contribution >= 4 is 16.9 Å². The Morgan fingerprint density at radius 3 is 2.67 bits per heavy atom. The van der Waals surface area contributed by atoms with Gasteiger partial charge in [0.25, 0.3) is 0 Å². The first kappa shape index (κ1) is 22.1. The molecule has 0 spiro atoms. The topological polar surface area (TPSA) is 98.5 Å². The molecule has 4 rings (SSSR count). The number of furan rings is 1. The highest BCUT2D eigenvalue weighted by Crippen LogP contribution is 2.31. The fourth-order valence-electron chi connectivity index (χ4n) is 3.75. The minimum atomic E-state index is -0.365. The first-order valence-corrected chi connectivity index (χ1v) is 10.7. The molecule has 6 heteroatoms. The van der Waals surface area contributed by atoms with Crippen LogP contribution >= 0.6 is 0 Å². The van der Waals surface area contributed by atoms with E-state index in [-0.39, 0.29) is 19.0 Å². The second kappa shape index (κ2) is 10.0. The van der Waals surface area contributed by atoms with Crippen molar-refractivity contribution in [3.63, 3.8) is 0 Å². The lowest BCUT2D eigenvalue weighted by Crippen LogP contribution is -2.09. The van der Waals surface area contributed by atoms with Gasteiger partial charge in [-0.2, -0.15) is 5.26 Å². The third-order valence-electron chi connectivity index (χ3n) is 5.38. The second-order valence-corrected chi connectivity index (χ2v) is 7.55. The third-order valence-corrected chi connectivity index (χ3v) is 5.38. The van der Waals surface area contributed by atoms with Crippen LogP contribution in [0.5, 0.6) is 5.75 Å². The molecule has 0 aliphatic rings. The summed E-state index contributed by atoms with van der Waals surface area (Å²) in [6, 6.07) is 21.4. The molecular formula is C27H24N2O4. The molecule has 0 fully saturated rings.